The molecule has 6 nitrogen and oxygen atoms in total. The van der Waals surface area contributed by atoms with Crippen molar-refractivity contribution in [3.05, 3.63) is 18.2 Å². The van der Waals surface area contributed by atoms with E-state index in [1.54, 1.807) is 24.3 Å². The molecular formula is C14H26N4O2S. The Hall–Kier alpha value is -0.920. The summed E-state index contributed by atoms with van der Waals surface area (Å²) < 4.78 is 26.2. The van der Waals surface area contributed by atoms with Crippen molar-refractivity contribution in [1.29, 1.82) is 0 Å². The largest absolute Gasteiger partial charge is 0.348 e. The maximum atomic E-state index is 12.3. The summed E-state index contributed by atoms with van der Waals surface area (Å²) in [5.41, 5.74) is 0. The Bertz CT molecular complexity index is 527. The SMILES string of the molecule is CC[C@@H]1CN(S(=O)(=O)C(C)C)CC[C@@H]1NCc1ncc[nH]1. The van der Waals surface area contributed by atoms with E-state index in [4.69, 9.17) is 0 Å². The molecule has 1 aromatic rings. The van der Waals surface area contributed by atoms with Crippen LogP contribution in [0, 0.1) is 5.92 Å². The summed E-state index contributed by atoms with van der Waals surface area (Å²) in [5, 5.41) is 3.17. The van der Waals surface area contributed by atoms with Crippen LogP contribution in [0.2, 0.25) is 0 Å². The first kappa shape index (κ1) is 16.5. The van der Waals surface area contributed by atoms with Crippen LogP contribution in [0.25, 0.3) is 0 Å². The van der Waals surface area contributed by atoms with Crippen molar-refractivity contribution in [2.24, 2.45) is 5.92 Å². The summed E-state index contributed by atoms with van der Waals surface area (Å²) in [6, 6.07) is 0.346. The van der Waals surface area contributed by atoms with E-state index < -0.39 is 10.0 Å². The summed E-state index contributed by atoms with van der Waals surface area (Å²) in [5.74, 6) is 1.27. The summed E-state index contributed by atoms with van der Waals surface area (Å²) in [4.78, 5) is 7.28. The van der Waals surface area contributed by atoms with Crippen molar-refractivity contribution in [1.82, 2.24) is 19.6 Å². The van der Waals surface area contributed by atoms with Gasteiger partial charge in [0.25, 0.3) is 0 Å². The van der Waals surface area contributed by atoms with Gasteiger partial charge in [-0.3, -0.25) is 0 Å². The van der Waals surface area contributed by atoms with Gasteiger partial charge in [0.15, 0.2) is 0 Å². The van der Waals surface area contributed by atoms with Gasteiger partial charge in [-0.15, -0.1) is 0 Å². The number of piperidine rings is 1. The van der Waals surface area contributed by atoms with E-state index in [-0.39, 0.29) is 5.25 Å². The highest BCUT2D eigenvalue weighted by Crippen LogP contribution is 2.24. The van der Waals surface area contributed by atoms with Crippen LogP contribution in [-0.4, -0.2) is 47.1 Å². The molecule has 0 aliphatic carbocycles. The smallest absolute Gasteiger partial charge is 0.216 e. The van der Waals surface area contributed by atoms with Gasteiger partial charge in [-0.2, -0.15) is 0 Å². The lowest BCUT2D eigenvalue weighted by Gasteiger charge is -2.38. The molecule has 120 valence electrons. The first-order chi connectivity index (χ1) is 9.95. The fourth-order valence-electron chi connectivity index (χ4n) is 2.83. The first-order valence-corrected chi connectivity index (χ1v) is 9.16. The molecule has 7 heteroatoms. The molecule has 0 amide bonds. The maximum Gasteiger partial charge on any atom is 0.216 e. The van der Waals surface area contributed by atoms with E-state index in [9.17, 15) is 8.42 Å². The van der Waals surface area contributed by atoms with Crippen LogP contribution >= 0.6 is 0 Å². The van der Waals surface area contributed by atoms with Gasteiger partial charge in [0.2, 0.25) is 10.0 Å². The fraction of sp³-hybridized carbons (Fsp3) is 0.786. The molecule has 0 spiro atoms. The minimum Gasteiger partial charge on any atom is -0.348 e. The third-order valence-electron chi connectivity index (χ3n) is 4.26. The molecule has 1 fully saturated rings. The van der Waals surface area contributed by atoms with Crippen LogP contribution in [0.3, 0.4) is 0 Å². The summed E-state index contributed by atoms with van der Waals surface area (Å²) >= 11 is 0. The summed E-state index contributed by atoms with van der Waals surface area (Å²) in [6.07, 6.45) is 5.38. The lowest BCUT2D eigenvalue weighted by molar-refractivity contribution is 0.199. The van der Waals surface area contributed by atoms with Crippen LogP contribution in [0.4, 0.5) is 0 Å². The van der Waals surface area contributed by atoms with E-state index in [0.29, 0.717) is 31.6 Å². The summed E-state index contributed by atoms with van der Waals surface area (Å²) in [6.45, 7) is 7.54. The number of imidazole rings is 1. The molecule has 0 saturated carbocycles. The third kappa shape index (κ3) is 3.84. The fourth-order valence-corrected chi connectivity index (χ4v) is 4.19. The zero-order valence-electron chi connectivity index (χ0n) is 13.0. The molecule has 0 radical (unpaired) electrons. The molecule has 1 aromatic heterocycles. The second-order valence-corrected chi connectivity index (χ2v) is 8.42. The Morgan fingerprint density at radius 3 is 2.86 bits per heavy atom. The maximum absolute atomic E-state index is 12.3. The van der Waals surface area contributed by atoms with E-state index in [2.05, 4.69) is 22.2 Å². The molecule has 21 heavy (non-hydrogen) atoms. The monoisotopic (exact) mass is 314 g/mol. The normalized spacial score (nSPS) is 24.6. The second-order valence-electron chi connectivity index (χ2n) is 5.93. The zero-order valence-corrected chi connectivity index (χ0v) is 13.9. The molecule has 2 atom stereocenters. The van der Waals surface area contributed by atoms with Crippen LogP contribution in [0.5, 0.6) is 0 Å². The summed E-state index contributed by atoms with van der Waals surface area (Å²) in [7, 11) is -3.14. The van der Waals surface area contributed by atoms with Crippen molar-refractivity contribution in [2.75, 3.05) is 13.1 Å². The van der Waals surface area contributed by atoms with Gasteiger partial charge in [0.05, 0.1) is 11.8 Å². The Morgan fingerprint density at radius 1 is 1.52 bits per heavy atom. The number of rotatable bonds is 6. The topological polar surface area (TPSA) is 78.1 Å². The number of hydrogen-bond donors (Lipinski definition) is 2. The average molecular weight is 314 g/mol. The van der Waals surface area contributed by atoms with Gasteiger partial charge in [-0.1, -0.05) is 13.3 Å². The first-order valence-electron chi connectivity index (χ1n) is 7.65. The molecule has 2 heterocycles. The highest BCUT2D eigenvalue weighted by Gasteiger charge is 2.35. The van der Waals surface area contributed by atoms with Gasteiger partial charge in [0.1, 0.15) is 5.82 Å². The number of aromatic nitrogens is 2. The predicted octanol–water partition coefficient (Wildman–Crippen LogP) is 1.34. The molecule has 0 bridgehead atoms. The number of hydrogen-bond acceptors (Lipinski definition) is 4. The highest BCUT2D eigenvalue weighted by molar-refractivity contribution is 7.89. The minimum absolute atomic E-state index is 0.345. The Kier molecular flexibility index (Phi) is 5.40. The molecular weight excluding hydrogens is 288 g/mol. The van der Waals surface area contributed by atoms with Crippen molar-refractivity contribution in [2.45, 2.75) is 51.4 Å². The minimum atomic E-state index is -3.14. The van der Waals surface area contributed by atoms with Crippen LogP contribution in [0.1, 0.15) is 39.4 Å². The second kappa shape index (κ2) is 6.89. The number of nitrogens with zero attached hydrogens (tertiary/aromatic N) is 2. The van der Waals surface area contributed by atoms with Gasteiger partial charge in [-0.05, 0) is 26.2 Å². The third-order valence-corrected chi connectivity index (χ3v) is 6.51. The van der Waals surface area contributed by atoms with Crippen molar-refractivity contribution >= 4 is 10.0 Å². The predicted molar refractivity (Wildman–Crippen MR) is 83.2 cm³/mol. The lowest BCUT2D eigenvalue weighted by Crippen LogP contribution is -2.52. The van der Waals surface area contributed by atoms with Crippen LogP contribution in [0.15, 0.2) is 12.4 Å². The molecule has 1 aliphatic rings. The molecule has 0 unspecified atom stereocenters. The molecule has 1 saturated heterocycles. The van der Waals surface area contributed by atoms with E-state index in [0.717, 1.165) is 18.7 Å². The Morgan fingerprint density at radius 2 is 2.29 bits per heavy atom. The number of H-pyrrole nitrogens is 1. The van der Waals surface area contributed by atoms with Crippen molar-refractivity contribution in [3.63, 3.8) is 0 Å². The van der Waals surface area contributed by atoms with Crippen LogP contribution in [-0.2, 0) is 16.6 Å². The number of aromatic amines is 1. The lowest BCUT2D eigenvalue weighted by atomic mass is 9.91. The van der Waals surface area contributed by atoms with E-state index in [1.807, 2.05) is 6.20 Å². The van der Waals surface area contributed by atoms with E-state index >= 15 is 0 Å². The standard InChI is InChI=1S/C14H26N4O2S/c1-4-12-10-18(21(19,20)11(2)3)8-5-13(12)17-9-14-15-6-7-16-14/h6-7,11-13,17H,4-5,8-10H2,1-3H3,(H,15,16)/t12-,13+/m1/s1. The van der Waals surface area contributed by atoms with Gasteiger partial charge in [-0.25, -0.2) is 17.7 Å². The van der Waals surface area contributed by atoms with Crippen LogP contribution < -0.4 is 5.32 Å². The number of nitrogens with one attached hydrogen (secondary N) is 2. The Labute approximate surface area is 127 Å². The highest BCUT2D eigenvalue weighted by atomic mass is 32.2. The Balaban J connectivity index is 1.95. The van der Waals surface area contributed by atoms with Crippen molar-refractivity contribution in [3.8, 4) is 0 Å². The average Bonchev–Trinajstić information content (AvgIpc) is 2.97. The quantitative estimate of drug-likeness (QED) is 0.830. The molecule has 2 rings (SSSR count). The van der Waals surface area contributed by atoms with Gasteiger partial charge >= 0.3 is 0 Å². The van der Waals surface area contributed by atoms with Crippen molar-refractivity contribution < 1.29 is 8.42 Å². The zero-order chi connectivity index (χ0) is 15.5. The molecule has 0 aromatic carbocycles. The van der Waals surface area contributed by atoms with Gasteiger partial charge in [0, 0.05) is 31.5 Å². The molecule has 2 N–H and O–H groups in total. The number of sulfonamides is 1. The molecule has 1 aliphatic heterocycles. The van der Waals surface area contributed by atoms with Gasteiger partial charge < -0.3 is 10.3 Å². The van der Waals surface area contributed by atoms with E-state index in [1.165, 1.54) is 0 Å².